The standard InChI is InChI=1S/C25H27NO6/c1-3-12-31-19-7-4-16(5-8-19)22-21(24(28)25(29)26(22)11-14-30-2)23(27)18-6-9-20-17(15-18)10-13-32-20/h4-9,15,22,27H,3,10-14H2,1-2H3/b23-21-. The molecule has 0 radical (unpaired) electrons. The number of ketones is 1. The van der Waals surface area contributed by atoms with Crippen LogP contribution in [0.4, 0.5) is 0 Å². The van der Waals surface area contributed by atoms with Gasteiger partial charge in [0.2, 0.25) is 0 Å². The first-order valence-corrected chi connectivity index (χ1v) is 10.8. The highest BCUT2D eigenvalue weighted by Gasteiger charge is 2.45. The molecular weight excluding hydrogens is 410 g/mol. The van der Waals surface area contributed by atoms with Crippen molar-refractivity contribution in [2.75, 3.05) is 33.5 Å². The number of aliphatic hydroxyl groups excluding tert-OH is 1. The molecule has 0 aliphatic carbocycles. The van der Waals surface area contributed by atoms with Crippen LogP contribution in [0.2, 0.25) is 0 Å². The molecule has 2 aliphatic rings. The SMILES string of the molecule is CCCOc1ccc(C2/C(=C(/O)c3ccc4c(c3)CCO4)C(=O)C(=O)N2CCOC)cc1. The van der Waals surface area contributed by atoms with E-state index in [1.54, 1.807) is 12.1 Å². The molecule has 168 valence electrons. The number of rotatable bonds is 8. The summed E-state index contributed by atoms with van der Waals surface area (Å²) < 4.78 is 16.3. The maximum Gasteiger partial charge on any atom is 0.295 e. The van der Waals surface area contributed by atoms with Gasteiger partial charge in [-0.2, -0.15) is 0 Å². The number of hydrogen-bond acceptors (Lipinski definition) is 6. The summed E-state index contributed by atoms with van der Waals surface area (Å²) in [7, 11) is 1.54. The lowest BCUT2D eigenvalue weighted by Crippen LogP contribution is -2.32. The van der Waals surface area contributed by atoms with E-state index in [0.717, 1.165) is 29.7 Å². The second kappa shape index (κ2) is 9.44. The monoisotopic (exact) mass is 437 g/mol. The lowest BCUT2D eigenvalue weighted by Gasteiger charge is -2.25. The summed E-state index contributed by atoms with van der Waals surface area (Å²) >= 11 is 0. The zero-order valence-corrected chi connectivity index (χ0v) is 18.3. The zero-order chi connectivity index (χ0) is 22.7. The Balaban J connectivity index is 1.76. The average molecular weight is 437 g/mol. The van der Waals surface area contributed by atoms with Crippen molar-refractivity contribution < 1.29 is 28.9 Å². The Morgan fingerprint density at radius 3 is 2.66 bits per heavy atom. The molecule has 2 heterocycles. The number of amides is 1. The van der Waals surface area contributed by atoms with Gasteiger partial charge in [0, 0.05) is 25.6 Å². The molecule has 1 atom stereocenters. The highest BCUT2D eigenvalue weighted by molar-refractivity contribution is 6.46. The van der Waals surface area contributed by atoms with Crippen molar-refractivity contribution in [2.45, 2.75) is 25.8 Å². The Kier molecular flexibility index (Phi) is 6.46. The van der Waals surface area contributed by atoms with Crippen LogP contribution in [-0.2, 0) is 20.7 Å². The van der Waals surface area contributed by atoms with E-state index in [9.17, 15) is 14.7 Å². The van der Waals surface area contributed by atoms with Gasteiger partial charge in [0.1, 0.15) is 17.3 Å². The number of methoxy groups -OCH3 is 1. The minimum absolute atomic E-state index is 0.0761. The molecule has 0 spiro atoms. The fourth-order valence-electron chi connectivity index (χ4n) is 4.10. The Morgan fingerprint density at radius 1 is 1.16 bits per heavy atom. The summed E-state index contributed by atoms with van der Waals surface area (Å²) in [6.07, 6.45) is 1.63. The van der Waals surface area contributed by atoms with Crippen molar-refractivity contribution in [3.05, 3.63) is 64.7 Å². The number of benzene rings is 2. The van der Waals surface area contributed by atoms with Crippen LogP contribution in [0.15, 0.2) is 48.0 Å². The number of likely N-dealkylation sites (tertiary alicyclic amines) is 1. The zero-order valence-electron chi connectivity index (χ0n) is 18.3. The van der Waals surface area contributed by atoms with Crippen LogP contribution in [0.1, 0.15) is 36.1 Å². The van der Waals surface area contributed by atoms with E-state index < -0.39 is 17.7 Å². The summed E-state index contributed by atoms with van der Waals surface area (Å²) in [4.78, 5) is 27.3. The van der Waals surface area contributed by atoms with E-state index in [0.29, 0.717) is 24.5 Å². The Bertz CT molecular complexity index is 1040. The first kappa shape index (κ1) is 21.9. The number of hydrogen-bond donors (Lipinski definition) is 1. The van der Waals surface area contributed by atoms with Crippen LogP contribution >= 0.6 is 0 Å². The molecule has 0 saturated carbocycles. The second-order valence-electron chi connectivity index (χ2n) is 7.82. The second-order valence-corrected chi connectivity index (χ2v) is 7.82. The fraction of sp³-hybridized carbons (Fsp3) is 0.360. The van der Waals surface area contributed by atoms with Crippen LogP contribution < -0.4 is 9.47 Å². The van der Waals surface area contributed by atoms with Crippen molar-refractivity contribution in [3.8, 4) is 11.5 Å². The molecule has 7 heteroatoms. The van der Waals surface area contributed by atoms with Gasteiger partial charge < -0.3 is 24.2 Å². The number of nitrogens with zero attached hydrogens (tertiary/aromatic N) is 1. The largest absolute Gasteiger partial charge is 0.507 e. The molecule has 4 rings (SSSR count). The van der Waals surface area contributed by atoms with E-state index >= 15 is 0 Å². The molecule has 2 aromatic rings. The molecule has 1 fully saturated rings. The smallest absolute Gasteiger partial charge is 0.295 e. The molecule has 1 unspecified atom stereocenters. The summed E-state index contributed by atoms with van der Waals surface area (Å²) in [5, 5.41) is 11.2. The van der Waals surface area contributed by atoms with Gasteiger partial charge in [-0.05, 0) is 47.9 Å². The topological polar surface area (TPSA) is 85.3 Å². The predicted molar refractivity (Wildman–Crippen MR) is 119 cm³/mol. The number of Topliss-reactive ketones (excluding diaryl/α,β-unsaturated/α-hetero) is 1. The van der Waals surface area contributed by atoms with Crippen molar-refractivity contribution in [3.63, 3.8) is 0 Å². The first-order chi connectivity index (χ1) is 15.5. The molecule has 0 aromatic heterocycles. The molecule has 7 nitrogen and oxygen atoms in total. The highest BCUT2D eigenvalue weighted by atomic mass is 16.5. The summed E-state index contributed by atoms with van der Waals surface area (Å²) in [5.41, 5.74) is 2.26. The predicted octanol–water partition coefficient (Wildman–Crippen LogP) is 3.48. The molecule has 1 saturated heterocycles. The van der Waals surface area contributed by atoms with E-state index in [1.165, 1.54) is 12.0 Å². The van der Waals surface area contributed by atoms with Crippen LogP contribution in [0.3, 0.4) is 0 Å². The maximum atomic E-state index is 13.0. The van der Waals surface area contributed by atoms with E-state index in [4.69, 9.17) is 14.2 Å². The summed E-state index contributed by atoms with van der Waals surface area (Å²) in [5.74, 6) is -0.0466. The van der Waals surface area contributed by atoms with Gasteiger partial charge in [-0.15, -0.1) is 0 Å². The van der Waals surface area contributed by atoms with Gasteiger partial charge in [-0.3, -0.25) is 9.59 Å². The molecule has 32 heavy (non-hydrogen) atoms. The van der Waals surface area contributed by atoms with Gasteiger partial charge in [0.05, 0.1) is 31.4 Å². The number of fused-ring (bicyclic) bond motifs is 1. The third kappa shape index (κ3) is 4.08. The number of ether oxygens (including phenoxy) is 3. The summed E-state index contributed by atoms with van der Waals surface area (Å²) in [6.45, 7) is 3.73. The first-order valence-electron chi connectivity index (χ1n) is 10.8. The number of aliphatic hydroxyl groups is 1. The van der Waals surface area contributed by atoms with Crippen molar-refractivity contribution >= 4 is 17.4 Å². The Hall–Kier alpha value is -3.32. The minimum Gasteiger partial charge on any atom is -0.507 e. The molecule has 0 bridgehead atoms. The number of carbonyl (C=O) groups excluding carboxylic acids is 2. The van der Waals surface area contributed by atoms with Crippen molar-refractivity contribution in [1.82, 2.24) is 4.90 Å². The third-order valence-corrected chi connectivity index (χ3v) is 5.71. The Labute approximate surface area is 187 Å². The molecular formula is C25H27NO6. The Morgan fingerprint density at radius 2 is 1.94 bits per heavy atom. The molecule has 2 aliphatic heterocycles. The van der Waals surface area contributed by atoms with Crippen LogP contribution in [0, 0.1) is 0 Å². The lowest BCUT2D eigenvalue weighted by atomic mass is 9.94. The normalized spacial score (nSPS) is 19.2. The quantitative estimate of drug-likeness (QED) is 0.387. The van der Waals surface area contributed by atoms with Gasteiger partial charge in [-0.1, -0.05) is 19.1 Å². The maximum absolute atomic E-state index is 13.0. The molecule has 2 aromatic carbocycles. The van der Waals surface area contributed by atoms with Gasteiger partial charge in [0.25, 0.3) is 11.7 Å². The van der Waals surface area contributed by atoms with E-state index in [-0.39, 0.29) is 24.5 Å². The molecule has 1 N–H and O–H groups in total. The highest BCUT2D eigenvalue weighted by Crippen LogP contribution is 2.40. The van der Waals surface area contributed by atoms with Crippen molar-refractivity contribution in [2.24, 2.45) is 0 Å². The minimum atomic E-state index is -0.713. The van der Waals surface area contributed by atoms with Crippen LogP contribution in [-0.4, -0.2) is 55.2 Å². The van der Waals surface area contributed by atoms with Crippen molar-refractivity contribution in [1.29, 1.82) is 0 Å². The van der Waals surface area contributed by atoms with Gasteiger partial charge >= 0.3 is 0 Å². The van der Waals surface area contributed by atoms with Gasteiger partial charge in [0.15, 0.2) is 0 Å². The van der Waals surface area contributed by atoms with Crippen LogP contribution in [0.5, 0.6) is 11.5 Å². The fourth-order valence-corrected chi connectivity index (χ4v) is 4.10. The van der Waals surface area contributed by atoms with Crippen LogP contribution in [0.25, 0.3) is 5.76 Å². The van der Waals surface area contributed by atoms with Gasteiger partial charge in [-0.25, -0.2) is 0 Å². The average Bonchev–Trinajstić information content (AvgIpc) is 3.38. The number of carbonyl (C=O) groups is 2. The molecule has 1 amide bonds. The lowest BCUT2D eigenvalue weighted by molar-refractivity contribution is -0.140. The van der Waals surface area contributed by atoms with E-state index in [1.807, 2.05) is 37.3 Å². The van der Waals surface area contributed by atoms with E-state index in [2.05, 4.69) is 0 Å². The third-order valence-electron chi connectivity index (χ3n) is 5.71. The summed E-state index contributed by atoms with van der Waals surface area (Å²) in [6, 6.07) is 11.9.